The summed E-state index contributed by atoms with van der Waals surface area (Å²) in [6.07, 6.45) is 1.03. The summed E-state index contributed by atoms with van der Waals surface area (Å²) >= 11 is 8.99. The Balaban J connectivity index is 2.88. The van der Waals surface area contributed by atoms with E-state index in [9.17, 15) is 20.3 Å². The number of nitrogens with one attached hydrogen (secondary N) is 1. The molecule has 0 heterocycles. The second kappa shape index (κ2) is 6.73. The number of hydrogen-bond donors (Lipinski definition) is 3. The normalized spacial score (nSPS) is 9.96. The maximum Gasteiger partial charge on any atom is 0.247 e. The van der Waals surface area contributed by atoms with Gasteiger partial charge in [0.1, 0.15) is 6.07 Å². The highest BCUT2D eigenvalue weighted by atomic mass is 79.9. The molecule has 1 amide bonds. The molecule has 0 saturated heterocycles. The van der Waals surface area contributed by atoms with E-state index in [1.165, 1.54) is 6.07 Å². The van der Waals surface area contributed by atoms with E-state index in [1.54, 1.807) is 18.2 Å². The van der Waals surface area contributed by atoms with Crippen molar-refractivity contribution < 1.29 is 15.0 Å². The number of nitriles is 1. The Hall–Kier alpha value is -2.49. The third-order valence-electron chi connectivity index (χ3n) is 3.05. The number of benzene rings is 2. The molecule has 0 aliphatic carbocycles. The van der Waals surface area contributed by atoms with Crippen LogP contribution in [0.5, 0.6) is 11.5 Å². The van der Waals surface area contributed by atoms with E-state index in [2.05, 4.69) is 27.8 Å². The largest absolute Gasteiger partial charge is 0.504 e. The highest BCUT2D eigenvalue weighted by Crippen LogP contribution is 2.49. The highest BCUT2D eigenvalue weighted by molar-refractivity contribution is 9.10. The zero-order chi connectivity index (χ0) is 17.1. The molecule has 5 nitrogen and oxygen atoms in total. The molecule has 7 heteroatoms. The van der Waals surface area contributed by atoms with E-state index in [0.717, 1.165) is 6.08 Å². The number of phenolic OH excluding ortho intramolecular Hbond substituents is 2. The molecule has 2 aromatic rings. The predicted molar refractivity (Wildman–Crippen MR) is 91.5 cm³/mol. The summed E-state index contributed by atoms with van der Waals surface area (Å²) in [5.41, 5.74) is 0.515. The van der Waals surface area contributed by atoms with E-state index in [4.69, 9.17) is 11.6 Å². The summed E-state index contributed by atoms with van der Waals surface area (Å²) in [4.78, 5) is 11.7. The van der Waals surface area contributed by atoms with Crippen LogP contribution in [0.4, 0.5) is 5.69 Å². The van der Waals surface area contributed by atoms with Crippen molar-refractivity contribution >= 4 is 39.1 Å². The first-order valence-electron chi connectivity index (χ1n) is 6.27. The number of phenols is 2. The lowest BCUT2D eigenvalue weighted by molar-refractivity contribution is -0.111. The van der Waals surface area contributed by atoms with E-state index in [0.29, 0.717) is 10.6 Å². The minimum absolute atomic E-state index is 0.0253. The number of nitrogens with zero attached hydrogens (tertiary/aromatic N) is 1. The Morgan fingerprint density at radius 2 is 2.09 bits per heavy atom. The third kappa shape index (κ3) is 3.16. The molecule has 0 atom stereocenters. The molecule has 0 aliphatic rings. The van der Waals surface area contributed by atoms with Gasteiger partial charge in [0.15, 0.2) is 11.5 Å². The second-order valence-corrected chi connectivity index (χ2v) is 5.68. The smallest absolute Gasteiger partial charge is 0.247 e. The zero-order valence-electron chi connectivity index (χ0n) is 11.6. The molecule has 23 heavy (non-hydrogen) atoms. The minimum atomic E-state index is -0.568. The van der Waals surface area contributed by atoms with E-state index < -0.39 is 17.4 Å². The Morgan fingerprint density at radius 3 is 2.65 bits per heavy atom. The van der Waals surface area contributed by atoms with Crippen molar-refractivity contribution in [3.63, 3.8) is 0 Å². The maximum absolute atomic E-state index is 11.7. The van der Waals surface area contributed by atoms with Crippen molar-refractivity contribution in [3.8, 4) is 28.7 Å². The first kappa shape index (κ1) is 16.9. The topological polar surface area (TPSA) is 93.4 Å². The number of hydrogen-bond acceptors (Lipinski definition) is 4. The molecule has 0 radical (unpaired) electrons. The molecule has 0 spiro atoms. The molecule has 0 aliphatic heterocycles. The summed E-state index contributed by atoms with van der Waals surface area (Å²) in [6.45, 7) is 3.35. The molecule has 0 saturated carbocycles. The lowest BCUT2D eigenvalue weighted by atomic mass is 9.98. The standard InChI is InChI=1S/C16H10BrClN2O3/c1-2-11(21)20-14-10(7-19)13(17)16(23)15(22)12(14)8-4-3-5-9(18)6-8/h2-6,22-23H,1H2,(H,20,21). The minimum Gasteiger partial charge on any atom is -0.504 e. The molecule has 2 rings (SSSR count). The Labute approximate surface area is 145 Å². The second-order valence-electron chi connectivity index (χ2n) is 4.45. The Kier molecular flexibility index (Phi) is 4.94. The third-order valence-corrected chi connectivity index (χ3v) is 4.05. The molecule has 0 fully saturated rings. The van der Waals surface area contributed by atoms with Crippen LogP contribution in [-0.2, 0) is 4.79 Å². The fourth-order valence-corrected chi connectivity index (χ4v) is 2.69. The summed E-state index contributed by atoms with van der Waals surface area (Å²) in [5.74, 6) is -1.56. The van der Waals surface area contributed by atoms with Crippen LogP contribution >= 0.6 is 27.5 Å². The molecule has 0 aromatic heterocycles. The van der Waals surface area contributed by atoms with Crippen molar-refractivity contribution in [3.05, 3.63) is 52.0 Å². The number of amides is 1. The van der Waals surface area contributed by atoms with E-state index in [-0.39, 0.29) is 21.3 Å². The number of halogens is 2. The van der Waals surface area contributed by atoms with Crippen LogP contribution in [0.1, 0.15) is 5.56 Å². The van der Waals surface area contributed by atoms with Gasteiger partial charge >= 0.3 is 0 Å². The van der Waals surface area contributed by atoms with Gasteiger partial charge < -0.3 is 15.5 Å². The van der Waals surface area contributed by atoms with E-state index >= 15 is 0 Å². The molecule has 116 valence electrons. The lowest BCUT2D eigenvalue weighted by Crippen LogP contribution is -2.10. The molecule has 0 bridgehead atoms. The van der Waals surface area contributed by atoms with Crippen LogP contribution in [0.15, 0.2) is 41.4 Å². The average Bonchev–Trinajstić information content (AvgIpc) is 2.53. The first-order valence-corrected chi connectivity index (χ1v) is 7.44. The number of carbonyl (C=O) groups excluding carboxylic acids is 1. The van der Waals surface area contributed by atoms with Gasteiger partial charge in [-0.15, -0.1) is 0 Å². The lowest BCUT2D eigenvalue weighted by Gasteiger charge is -2.17. The van der Waals surface area contributed by atoms with Gasteiger partial charge in [-0.1, -0.05) is 30.3 Å². The summed E-state index contributed by atoms with van der Waals surface area (Å²) in [6, 6.07) is 8.32. The van der Waals surface area contributed by atoms with Crippen molar-refractivity contribution in [2.45, 2.75) is 0 Å². The molecule has 2 aromatic carbocycles. The zero-order valence-corrected chi connectivity index (χ0v) is 13.9. The molecule has 0 unspecified atom stereocenters. The van der Waals surface area contributed by atoms with Crippen LogP contribution in [0, 0.1) is 11.3 Å². The van der Waals surface area contributed by atoms with Gasteiger partial charge in [-0.3, -0.25) is 4.79 Å². The van der Waals surface area contributed by atoms with E-state index in [1.807, 2.05) is 6.07 Å². The van der Waals surface area contributed by atoms with Gasteiger partial charge in [0.2, 0.25) is 5.91 Å². The number of anilines is 1. The first-order chi connectivity index (χ1) is 10.9. The fourth-order valence-electron chi connectivity index (χ4n) is 2.02. The van der Waals surface area contributed by atoms with Gasteiger partial charge in [0.05, 0.1) is 21.3 Å². The number of carbonyl (C=O) groups is 1. The Bertz CT molecular complexity index is 859. The van der Waals surface area contributed by atoms with Crippen LogP contribution in [0.3, 0.4) is 0 Å². The van der Waals surface area contributed by atoms with Gasteiger partial charge in [-0.05, 0) is 39.7 Å². The van der Waals surface area contributed by atoms with Crippen molar-refractivity contribution in [1.29, 1.82) is 5.26 Å². The van der Waals surface area contributed by atoms with Gasteiger partial charge in [0.25, 0.3) is 0 Å². The predicted octanol–water partition coefficient (Wildman–Crippen LogP) is 4.18. The fraction of sp³-hybridized carbons (Fsp3) is 0. The number of rotatable bonds is 3. The van der Waals surface area contributed by atoms with Gasteiger partial charge in [-0.25, -0.2) is 0 Å². The van der Waals surface area contributed by atoms with Crippen LogP contribution in [0.25, 0.3) is 11.1 Å². The van der Waals surface area contributed by atoms with Gasteiger partial charge in [0, 0.05) is 5.02 Å². The summed E-state index contributed by atoms with van der Waals surface area (Å²) in [7, 11) is 0. The quantitative estimate of drug-likeness (QED) is 0.414. The molecular formula is C16H10BrClN2O3. The van der Waals surface area contributed by atoms with Crippen LogP contribution in [-0.4, -0.2) is 16.1 Å². The van der Waals surface area contributed by atoms with Crippen LogP contribution < -0.4 is 5.32 Å². The molecule has 3 N–H and O–H groups in total. The average molecular weight is 394 g/mol. The van der Waals surface area contributed by atoms with Crippen molar-refractivity contribution in [2.24, 2.45) is 0 Å². The van der Waals surface area contributed by atoms with Gasteiger partial charge in [-0.2, -0.15) is 5.26 Å². The highest BCUT2D eigenvalue weighted by Gasteiger charge is 2.24. The molecular weight excluding hydrogens is 384 g/mol. The van der Waals surface area contributed by atoms with Crippen LogP contribution in [0.2, 0.25) is 5.02 Å². The number of aromatic hydroxyl groups is 2. The van der Waals surface area contributed by atoms with Crippen molar-refractivity contribution in [2.75, 3.05) is 5.32 Å². The summed E-state index contributed by atoms with van der Waals surface area (Å²) in [5, 5.41) is 32.6. The summed E-state index contributed by atoms with van der Waals surface area (Å²) < 4.78 is -0.0253. The Morgan fingerprint density at radius 1 is 1.39 bits per heavy atom. The monoisotopic (exact) mass is 392 g/mol. The van der Waals surface area contributed by atoms with Crippen molar-refractivity contribution in [1.82, 2.24) is 0 Å². The SMILES string of the molecule is C=CC(=O)Nc1c(C#N)c(Br)c(O)c(O)c1-c1cccc(Cl)c1. The maximum atomic E-state index is 11.7.